The molecule has 172 valence electrons. The second-order valence-electron chi connectivity index (χ2n) is 7.09. The zero-order valence-electron chi connectivity index (χ0n) is 18.6. The van der Waals surface area contributed by atoms with Crippen LogP contribution in [0.2, 0.25) is 0 Å². The average molecular weight is 561 g/mol. The fourth-order valence-corrected chi connectivity index (χ4v) is 3.88. The van der Waals surface area contributed by atoms with Gasteiger partial charge in [0.05, 0.1) is 18.0 Å². The van der Waals surface area contributed by atoms with Crippen molar-refractivity contribution < 1.29 is 13.2 Å². The van der Waals surface area contributed by atoms with Crippen LogP contribution >= 0.6 is 24.0 Å². The van der Waals surface area contributed by atoms with Crippen LogP contribution in [0.4, 0.5) is 0 Å². The number of aliphatic imine (C=N–C) groups is 1. The maximum absolute atomic E-state index is 11.8. The number of pyridine rings is 1. The first-order valence-electron chi connectivity index (χ1n) is 10.2. The Morgan fingerprint density at radius 1 is 1.19 bits per heavy atom. The molecule has 0 aliphatic carbocycles. The van der Waals surface area contributed by atoms with E-state index in [4.69, 9.17) is 4.74 Å². The van der Waals surface area contributed by atoms with E-state index in [2.05, 4.69) is 27.5 Å². The average Bonchev–Trinajstić information content (AvgIpc) is 2.70. The molecule has 1 aromatic heterocycles. The number of halogens is 1. The van der Waals surface area contributed by atoms with E-state index in [1.54, 1.807) is 25.3 Å². The lowest BCUT2D eigenvalue weighted by molar-refractivity contribution is 0.294. The molecule has 7 nitrogen and oxygen atoms in total. The number of rotatable bonds is 10. The summed E-state index contributed by atoms with van der Waals surface area (Å²) in [7, 11) is -3.22. The van der Waals surface area contributed by atoms with Crippen molar-refractivity contribution in [2.75, 3.05) is 19.4 Å². The standard InChI is InChI=1S/C22H32N4O3S.HI/c1-5-7-13-29-21-19(9-8-12-24-21)16-26-22(23-6-2)25-15-18-10-11-20(17(3)14-18)30(4,27)28;/h8-12,14H,5-7,13,15-16H2,1-4H3,(H2,23,25,26);1H. The van der Waals surface area contributed by atoms with E-state index in [9.17, 15) is 8.42 Å². The number of aryl methyl sites for hydroxylation is 1. The molecule has 2 N–H and O–H groups in total. The van der Waals surface area contributed by atoms with E-state index in [1.807, 2.05) is 25.1 Å². The Labute approximate surface area is 203 Å². The number of guanidine groups is 1. The Morgan fingerprint density at radius 3 is 2.61 bits per heavy atom. The van der Waals surface area contributed by atoms with Crippen LogP contribution in [0.3, 0.4) is 0 Å². The molecular weight excluding hydrogens is 527 g/mol. The number of hydrogen-bond acceptors (Lipinski definition) is 5. The lowest BCUT2D eigenvalue weighted by atomic mass is 10.1. The van der Waals surface area contributed by atoms with Crippen LogP contribution < -0.4 is 15.4 Å². The third-order valence-electron chi connectivity index (χ3n) is 4.44. The molecule has 0 aliphatic rings. The second kappa shape index (κ2) is 13.5. The van der Waals surface area contributed by atoms with E-state index in [1.165, 1.54) is 6.26 Å². The minimum atomic E-state index is -3.22. The Kier molecular flexibility index (Phi) is 11.8. The van der Waals surface area contributed by atoms with Crippen molar-refractivity contribution in [3.63, 3.8) is 0 Å². The highest BCUT2D eigenvalue weighted by Gasteiger charge is 2.11. The second-order valence-corrected chi connectivity index (χ2v) is 9.07. The van der Waals surface area contributed by atoms with Gasteiger partial charge in [0, 0.05) is 31.1 Å². The molecule has 0 unspecified atom stereocenters. The van der Waals surface area contributed by atoms with Crippen LogP contribution in [0.5, 0.6) is 5.88 Å². The summed E-state index contributed by atoms with van der Waals surface area (Å²) in [6.07, 6.45) is 5.01. The van der Waals surface area contributed by atoms with Crippen LogP contribution in [-0.2, 0) is 22.9 Å². The first kappa shape index (κ1) is 27.2. The fourth-order valence-electron chi connectivity index (χ4n) is 2.92. The SMILES string of the molecule is CCCCOc1ncccc1CNC(=NCc1ccc(S(C)(=O)=O)c(C)c1)NCC.I. The maximum Gasteiger partial charge on any atom is 0.218 e. The Hall–Kier alpha value is -1.88. The van der Waals surface area contributed by atoms with Gasteiger partial charge in [-0.05, 0) is 43.5 Å². The highest BCUT2D eigenvalue weighted by atomic mass is 127. The smallest absolute Gasteiger partial charge is 0.218 e. The zero-order valence-corrected chi connectivity index (χ0v) is 21.8. The molecule has 9 heteroatoms. The summed E-state index contributed by atoms with van der Waals surface area (Å²) in [5, 5.41) is 6.54. The van der Waals surface area contributed by atoms with Gasteiger partial charge in [-0.1, -0.05) is 31.5 Å². The van der Waals surface area contributed by atoms with E-state index in [0.717, 1.165) is 36.1 Å². The zero-order chi connectivity index (χ0) is 22.0. The van der Waals surface area contributed by atoms with Crippen molar-refractivity contribution in [1.82, 2.24) is 15.6 Å². The first-order chi connectivity index (χ1) is 14.3. The maximum atomic E-state index is 11.8. The molecule has 0 spiro atoms. The molecule has 0 bridgehead atoms. The summed E-state index contributed by atoms with van der Waals surface area (Å²) in [6.45, 7) is 8.28. The molecule has 0 saturated heterocycles. The summed E-state index contributed by atoms with van der Waals surface area (Å²) >= 11 is 0. The van der Waals surface area contributed by atoms with Crippen LogP contribution in [0.15, 0.2) is 46.4 Å². The van der Waals surface area contributed by atoms with Gasteiger partial charge in [0.25, 0.3) is 0 Å². The molecule has 31 heavy (non-hydrogen) atoms. The van der Waals surface area contributed by atoms with E-state index in [-0.39, 0.29) is 24.0 Å². The predicted molar refractivity (Wildman–Crippen MR) is 136 cm³/mol. The molecular formula is C22H33IN4O3S. The molecule has 1 aromatic carbocycles. The molecule has 1 heterocycles. The first-order valence-corrected chi connectivity index (χ1v) is 12.1. The Bertz CT molecular complexity index is 965. The van der Waals surface area contributed by atoms with Crippen LogP contribution in [-0.4, -0.2) is 38.8 Å². The van der Waals surface area contributed by atoms with Crippen molar-refractivity contribution in [3.8, 4) is 5.88 Å². The number of unbranched alkanes of at least 4 members (excludes halogenated alkanes) is 1. The number of nitrogens with one attached hydrogen (secondary N) is 2. The van der Waals surface area contributed by atoms with Gasteiger partial charge < -0.3 is 15.4 Å². The minimum Gasteiger partial charge on any atom is -0.477 e. The number of ether oxygens (including phenoxy) is 1. The highest BCUT2D eigenvalue weighted by molar-refractivity contribution is 14.0. The normalized spacial score (nSPS) is 11.5. The van der Waals surface area contributed by atoms with Gasteiger partial charge in [-0.25, -0.2) is 18.4 Å². The van der Waals surface area contributed by atoms with Gasteiger partial charge in [0.15, 0.2) is 15.8 Å². The van der Waals surface area contributed by atoms with Gasteiger partial charge in [0.1, 0.15) is 0 Å². The van der Waals surface area contributed by atoms with Crippen molar-refractivity contribution in [2.24, 2.45) is 4.99 Å². The lowest BCUT2D eigenvalue weighted by Gasteiger charge is -2.14. The molecule has 0 atom stereocenters. The lowest BCUT2D eigenvalue weighted by Crippen LogP contribution is -2.36. The van der Waals surface area contributed by atoms with Gasteiger partial charge in [-0.15, -0.1) is 24.0 Å². The fraction of sp³-hybridized carbons (Fsp3) is 0.455. The molecule has 0 fully saturated rings. The molecule has 0 aliphatic heterocycles. The summed E-state index contributed by atoms with van der Waals surface area (Å²) < 4.78 is 29.4. The topological polar surface area (TPSA) is 92.7 Å². The summed E-state index contributed by atoms with van der Waals surface area (Å²) in [5.74, 6) is 1.31. The van der Waals surface area contributed by atoms with Crippen molar-refractivity contribution in [2.45, 2.75) is 51.6 Å². The number of sulfone groups is 1. The number of nitrogens with zero attached hydrogens (tertiary/aromatic N) is 2. The summed E-state index contributed by atoms with van der Waals surface area (Å²) in [5.41, 5.74) is 2.64. The third kappa shape index (κ3) is 9.02. The molecule has 2 rings (SSSR count). The summed E-state index contributed by atoms with van der Waals surface area (Å²) in [6, 6.07) is 9.19. The van der Waals surface area contributed by atoms with Crippen molar-refractivity contribution >= 4 is 39.8 Å². The quantitative estimate of drug-likeness (QED) is 0.199. The third-order valence-corrected chi connectivity index (χ3v) is 5.69. The molecule has 2 aromatic rings. The van der Waals surface area contributed by atoms with Gasteiger partial charge in [-0.2, -0.15) is 0 Å². The molecule has 0 saturated carbocycles. The van der Waals surface area contributed by atoms with E-state index < -0.39 is 9.84 Å². The monoisotopic (exact) mass is 560 g/mol. The van der Waals surface area contributed by atoms with Crippen LogP contribution in [0.25, 0.3) is 0 Å². The minimum absolute atomic E-state index is 0. The summed E-state index contributed by atoms with van der Waals surface area (Å²) in [4.78, 5) is 9.31. The van der Waals surface area contributed by atoms with Crippen LogP contribution in [0.1, 0.15) is 43.4 Å². The van der Waals surface area contributed by atoms with Crippen LogP contribution in [0, 0.1) is 6.92 Å². The number of benzene rings is 1. The Morgan fingerprint density at radius 2 is 1.97 bits per heavy atom. The number of hydrogen-bond donors (Lipinski definition) is 2. The predicted octanol–water partition coefficient (Wildman–Crippen LogP) is 3.85. The Balaban J connectivity index is 0.00000480. The van der Waals surface area contributed by atoms with E-state index in [0.29, 0.717) is 36.4 Å². The highest BCUT2D eigenvalue weighted by Crippen LogP contribution is 2.17. The molecule has 0 amide bonds. The molecule has 0 radical (unpaired) electrons. The van der Waals surface area contributed by atoms with Crippen molar-refractivity contribution in [3.05, 3.63) is 53.2 Å². The largest absolute Gasteiger partial charge is 0.477 e. The van der Waals surface area contributed by atoms with Crippen molar-refractivity contribution in [1.29, 1.82) is 0 Å². The number of aromatic nitrogens is 1. The van der Waals surface area contributed by atoms with E-state index >= 15 is 0 Å². The van der Waals surface area contributed by atoms with Gasteiger partial charge in [0.2, 0.25) is 5.88 Å². The van der Waals surface area contributed by atoms with Gasteiger partial charge in [-0.3, -0.25) is 0 Å². The van der Waals surface area contributed by atoms with Gasteiger partial charge >= 0.3 is 0 Å².